The molecule has 0 spiro atoms. The Hall–Kier alpha value is -0.810. The van der Waals surface area contributed by atoms with Crippen molar-refractivity contribution in [3.8, 4) is 0 Å². The lowest BCUT2D eigenvalue weighted by Crippen LogP contribution is -1.90. The van der Waals surface area contributed by atoms with E-state index >= 15 is 0 Å². The maximum absolute atomic E-state index is 5.70. The number of rotatable bonds is 0. The average molecular weight is 247 g/mol. The molecule has 0 aliphatic rings. The molecular formula is C6H4BrClN4. The van der Waals surface area contributed by atoms with Gasteiger partial charge in [0.15, 0.2) is 10.8 Å². The molecule has 0 amide bonds. The van der Waals surface area contributed by atoms with E-state index in [-0.39, 0.29) is 0 Å². The molecule has 2 N–H and O–H groups in total. The number of aromatic nitrogens is 3. The van der Waals surface area contributed by atoms with Gasteiger partial charge in [0.25, 0.3) is 0 Å². The Morgan fingerprint density at radius 3 is 3.08 bits per heavy atom. The van der Waals surface area contributed by atoms with Crippen molar-refractivity contribution in [2.45, 2.75) is 0 Å². The van der Waals surface area contributed by atoms with Gasteiger partial charge in [-0.15, -0.1) is 0 Å². The van der Waals surface area contributed by atoms with Crippen LogP contribution in [0.25, 0.3) is 5.65 Å². The zero-order valence-electron chi connectivity index (χ0n) is 5.83. The summed E-state index contributed by atoms with van der Waals surface area (Å²) in [5.74, 6) is 0.422. The molecule has 0 aliphatic carbocycles. The Morgan fingerprint density at radius 2 is 2.33 bits per heavy atom. The van der Waals surface area contributed by atoms with Crippen LogP contribution in [0.1, 0.15) is 0 Å². The number of nitrogen functional groups attached to an aromatic ring is 1. The lowest BCUT2D eigenvalue weighted by Gasteiger charge is -1.94. The monoisotopic (exact) mass is 246 g/mol. The number of fused-ring (bicyclic) bond motifs is 1. The maximum atomic E-state index is 5.70. The van der Waals surface area contributed by atoms with E-state index in [1.54, 1.807) is 12.3 Å². The zero-order chi connectivity index (χ0) is 8.72. The molecule has 0 bridgehead atoms. The van der Waals surface area contributed by atoms with Gasteiger partial charge in [0.05, 0.1) is 10.7 Å². The average Bonchev–Trinajstić information content (AvgIpc) is 2.29. The highest BCUT2D eigenvalue weighted by Crippen LogP contribution is 2.20. The fourth-order valence-corrected chi connectivity index (χ4v) is 1.74. The molecule has 0 atom stereocenters. The number of hydrogen-bond donors (Lipinski definition) is 1. The lowest BCUT2D eigenvalue weighted by molar-refractivity contribution is 0.932. The fraction of sp³-hybridized carbons (Fsp3) is 0. The normalized spacial score (nSPS) is 10.8. The number of nitrogens with two attached hydrogens (primary N) is 1. The van der Waals surface area contributed by atoms with Crippen molar-refractivity contribution in [1.82, 2.24) is 14.6 Å². The molecule has 0 saturated carbocycles. The first-order valence-corrected chi connectivity index (χ1v) is 4.31. The second-order valence-electron chi connectivity index (χ2n) is 2.25. The van der Waals surface area contributed by atoms with Gasteiger partial charge in [-0.2, -0.15) is 5.10 Å². The van der Waals surface area contributed by atoms with Crippen molar-refractivity contribution in [2.75, 3.05) is 5.73 Å². The highest BCUT2D eigenvalue weighted by Gasteiger charge is 2.04. The molecule has 0 fully saturated rings. The first kappa shape index (κ1) is 7.82. The van der Waals surface area contributed by atoms with Crippen LogP contribution in [0.15, 0.2) is 16.7 Å². The Balaban J connectivity index is 2.88. The summed E-state index contributed by atoms with van der Waals surface area (Å²) in [6, 6.07) is 1.67. The van der Waals surface area contributed by atoms with Crippen molar-refractivity contribution in [1.29, 1.82) is 0 Å². The molecule has 4 nitrogen and oxygen atoms in total. The molecule has 0 saturated heterocycles. The molecule has 62 valence electrons. The van der Waals surface area contributed by atoms with Crippen molar-refractivity contribution in [3.63, 3.8) is 0 Å². The van der Waals surface area contributed by atoms with Crippen molar-refractivity contribution < 1.29 is 0 Å². The predicted molar refractivity (Wildman–Crippen MR) is 50.1 cm³/mol. The van der Waals surface area contributed by atoms with Crippen LogP contribution in [0.5, 0.6) is 0 Å². The van der Waals surface area contributed by atoms with Gasteiger partial charge >= 0.3 is 0 Å². The minimum atomic E-state index is 0.395. The quantitative estimate of drug-likeness (QED) is 0.771. The van der Waals surface area contributed by atoms with E-state index in [1.165, 1.54) is 4.52 Å². The summed E-state index contributed by atoms with van der Waals surface area (Å²) in [5.41, 5.74) is 6.14. The van der Waals surface area contributed by atoms with Crippen LogP contribution >= 0.6 is 27.5 Å². The van der Waals surface area contributed by atoms with Gasteiger partial charge in [-0.25, -0.2) is 9.50 Å². The summed E-state index contributed by atoms with van der Waals surface area (Å²) in [6.45, 7) is 0. The molecule has 0 aliphatic heterocycles. The Labute approximate surface area is 81.5 Å². The minimum absolute atomic E-state index is 0.395. The summed E-state index contributed by atoms with van der Waals surface area (Å²) >= 11 is 9.00. The van der Waals surface area contributed by atoms with Gasteiger partial charge in [0.1, 0.15) is 5.82 Å². The van der Waals surface area contributed by atoms with Crippen molar-refractivity contribution >= 4 is 39.0 Å². The summed E-state index contributed by atoms with van der Waals surface area (Å²) in [5, 5.41) is 4.36. The number of hydrogen-bond acceptors (Lipinski definition) is 3. The molecule has 2 aromatic heterocycles. The highest BCUT2D eigenvalue weighted by atomic mass is 79.9. The van der Waals surface area contributed by atoms with Gasteiger partial charge in [-0.1, -0.05) is 11.6 Å². The smallest absolute Gasteiger partial charge is 0.170 e. The topological polar surface area (TPSA) is 56.2 Å². The van der Waals surface area contributed by atoms with Crippen LogP contribution in [0.4, 0.5) is 5.82 Å². The SMILES string of the molecule is Nc1cn2nc(Cl)cc(Br)c2n1. The number of nitrogens with zero attached hydrogens (tertiary/aromatic N) is 3. The third-order valence-electron chi connectivity index (χ3n) is 1.37. The number of imidazole rings is 1. The van der Waals surface area contributed by atoms with Gasteiger partial charge in [-0.3, -0.25) is 0 Å². The third kappa shape index (κ3) is 1.15. The summed E-state index contributed by atoms with van der Waals surface area (Å²) in [4.78, 5) is 4.03. The molecular weight excluding hydrogens is 243 g/mol. The van der Waals surface area contributed by atoms with E-state index in [2.05, 4.69) is 26.0 Å². The van der Waals surface area contributed by atoms with Gasteiger partial charge in [0.2, 0.25) is 0 Å². The summed E-state index contributed by atoms with van der Waals surface area (Å²) < 4.78 is 2.31. The molecule has 2 heterocycles. The maximum Gasteiger partial charge on any atom is 0.170 e. The Morgan fingerprint density at radius 1 is 1.58 bits per heavy atom. The lowest BCUT2D eigenvalue weighted by atomic mass is 10.6. The van der Waals surface area contributed by atoms with E-state index in [9.17, 15) is 0 Å². The van der Waals surface area contributed by atoms with E-state index in [0.717, 1.165) is 4.47 Å². The van der Waals surface area contributed by atoms with E-state index < -0.39 is 0 Å². The third-order valence-corrected chi connectivity index (χ3v) is 2.14. The van der Waals surface area contributed by atoms with Gasteiger partial charge in [0, 0.05) is 0 Å². The fourth-order valence-electron chi connectivity index (χ4n) is 0.929. The zero-order valence-corrected chi connectivity index (χ0v) is 8.17. The molecule has 12 heavy (non-hydrogen) atoms. The van der Waals surface area contributed by atoms with Gasteiger partial charge in [-0.05, 0) is 22.0 Å². The van der Waals surface area contributed by atoms with Crippen molar-refractivity contribution in [3.05, 3.63) is 21.9 Å². The van der Waals surface area contributed by atoms with Gasteiger partial charge < -0.3 is 5.73 Å². The molecule has 6 heteroatoms. The largest absolute Gasteiger partial charge is 0.382 e. The Bertz CT molecular complexity index is 438. The van der Waals surface area contributed by atoms with E-state index in [0.29, 0.717) is 16.6 Å². The van der Waals surface area contributed by atoms with Crippen LogP contribution in [-0.4, -0.2) is 14.6 Å². The second kappa shape index (κ2) is 2.60. The van der Waals surface area contributed by atoms with Crippen LogP contribution < -0.4 is 5.73 Å². The van der Waals surface area contributed by atoms with Crippen molar-refractivity contribution in [2.24, 2.45) is 0 Å². The molecule has 0 unspecified atom stereocenters. The molecule has 0 radical (unpaired) electrons. The van der Waals surface area contributed by atoms with Crippen LogP contribution in [0.2, 0.25) is 5.15 Å². The summed E-state index contributed by atoms with van der Waals surface area (Å²) in [7, 11) is 0. The first-order chi connectivity index (χ1) is 5.66. The standard InChI is InChI=1S/C6H4BrClN4/c7-3-1-4(8)11-12-2-5(9)10-6(3)12/h1-2H,9H2. The van der Waals surface area contributed by atoms with Crippen LogP contribution in [0, 0.1) is 0 Å². The number of anilines is 1. The van der Waals surface area contributed by atoms with Crippen LogP contribution in [-0.2, 0) is 0 Å². The predicted octanol–water partition coefficient (Wildman–Crippen LogP) is 1.73. The highest BCUT2D eigenvalue weighted by molar-refractivity contribution is 9.10. The summed E-state index contributed by atoms with van der Waals surface area (Å²) in [6.07, 6.45) is 1.60. The minimum Gasteiger partial charge on any atom is -0.382 e. The molecule has 2 rings (SSSR count). The first-order valence-electron chi connectivity index (χ1n) is 3.14. The Kier molecular flexibility index (Phi) is 1.69. The number of halogens is 2. The van der Waals surface area contributed by atoms with E-state index in [1.807, 2.05) is 0 Å². The second-order valence-corrected chi connectivity index (χ2v) is 3.49. The van der Waals surface area contributed by atoms with Crippen LogP contribution in [0.3, 0.4) is 0 Å². The van der Waals surface area contributed by atoms with E-state index in [4.69, 9.17) is 17.3 Å². The molecule has 0 aromatic carbocycles. The molecule has 2 aromatic rings.